The monoisotopic (exact) mass is 497 g/mol. The average Bonchev–Trinajstić information content (AvgIpc) is 3.01. The van der Waals surface area contributed by atoms with E-state index in [2.05, 4.69) is 10.6 Å². The van der Waals surface area contributed by atoms with Gasteiger partial charge in [0.25, 0.3) is 17.7 Å². The molecule has 0 saturated heterocycles. The maximum Gasteiger partial charge on any atom is 0.283 e. The van der Waals surface area contributed by atoms with E-state index in [1.165, 1.54) is 18.2 Å². The minimum atomic E-state index is -0.634. The van der Waals surface area contributed by atoms with E-state index in [1.54, 1.807) is 30.3 Å². The summed E-state index contributed by atoms with van der Waals surface area (Å²) in [4.78, 5) is 39.5. The molecule has 0 fully saturated rings. The van der Waals surface area contributed by atoms with E-state index in [1.807, 2.05) is 19.9 Å². The molecular weight excluding hydrogens is 480 g/mol. The van der Waals surface area contributed by atoms with Gasteiger partial charge in [0, 0.05) is 16.9 Å². The minimum Gasteiger partial charge on any atom is -0.350 e. The van der Waals surface area contributed by atoms with Crippen molar-refractivity contribution in [1.29, 1.82) is 0 Å². The number of nitrogens with zero attached hydrogens (tertiary/aromatic N) is 1. The van der Waals surface area contributed by atoms with Gasteiger partial charge >= 0.3 is 0 Å². The summed E-state index contributed by atoms with van der Waals surface area (Å²) in [5.41, 5.74) is 3.03. The van der Waals surface area contributed by atoms with Crippen molar-refractivity contribution in [3.63, 3.8) is 0 Å². The third kappa shape index (κ3) is 4.40. The van der Waals surface area contributed by atoms with Crippen molar-refractivity contribution in [1.82, 2.24) is 0 Å². The lowest BCUT2D eigenvalue weighted by Crippen LogP contribution is -2.33. The SMILES string of the molecule is Cc1cccc(N2C(=O)C(Cl)=C(Nc3cccc(C(=O)Nc4ccc(F)c(Cl)c4)c3)C2=O)c1C. The largest absolute Gasteiger partial charge is 0.350 e. The summed E-state index contributed by atoms with van der Waals surface area (Å²) in [5, 5.41) is 5.13. The third-order valence-electron chi connectivity index (χ3n) is 5.42. The number of imide groups is 1. The van der Waals surface area contributed by atoms with Gasteiger partial charge in [-0.1, -0.05) is 41.4 Å². The molecule has 0 aliphatic carbocycles. The molecule has 0 aromatic heterocycles. The number of nitrogens with one attached hydrogen (secondary N) is 2. The fourth-order valence-corrected chi connectivity index (χ4v) is 3.86. The standard InChI is InChI=1S/C25H18Cl2FN3O3/c1-13-5-3-8-20(14(13)2)31-24(33)21(27)22(25(31)34)29-16-7-4-6-15(11-16)23(32)30-17-9-10-19(28)18(26)12-17/h3-12,29H,1-2H3,(H,30,32). The zero-order valence-corrected chi connectivity index (χ0v) is 19.6. The first-order valence-electron chi connectivity index (χ1n) is 10.2. The van der Waals surface area contributed by atoms with E-state index in [0.29, 0.717) is 17.1 Å². The Kier molecular flexibility index (Phi) is 6.41. The van der Waals surface area contributed by atoms with Crippen molar-refractivity contribution in [2.75, 3.05) is 15.5 Å². The summed E-state index contributed by atoms with van der Waals surface area (Å²) in [6.45, 7) is 3.70. The van der Waals surface area contributed by atoms with Crippen molar-refractivity contribution in [3.8, 4) is 0 Å². The number of hydrogen-bond donors (Lipinski definition) is 2. The summed E-state index contributed by atoms with van der Waals surface area (Å²) >= 11 is 12.0. The Hall–Kier alpha value is -3.68. The van der Waals surface area contributed by atoms with Crippen LogP contribution in [-0.2, 0) is 9.59 Å². The Morgan fingerprint density at radius 1 is 0.912 bits per heavy atom. The molecule has 34 heavy (non-hydrogen) atoms. The third-order valence-corrected chi connectivity index (χ3v) is 6.06. The molecule has 172 valence electrons. The number of benzene rings is 3. The smallest absolute Gasteiger partial charge is 0.283 e. The van der Waals surface area contributed by atoms with Gasteiger partial charge in [-0.15, -0.1) is 0 Å². The maximum atomic E-state index is 13.4. The molecule has 2 N–H and O–H groups in total. The van der Waals surface area contributed by atoms with Gasteiger partial charge in [0.2, 0.25) is 0 Å². The van der Waals surface area contributed by atoms with E-state index in [4.69, 9.17) is 23.2 Å². The van der Waals surface area contributed by atoms with Crippen molar-refractivity contribution >= 4 is 58.0 Å². The van der Waals surface area contributed by atoms with Crippen LogP contribution in [0.15, 0.2) is 71.4 Å². The lowest BCUT2D eigenvalue weighted by molar-refractivity contribution is -0.120. The number of carbonyl (C=O) groups is 3. The Morgan fingerprint density at radius 3 is 2.38 bits per heavy atom. The molecule has 0 unspecified atom stereocenters. The lowest BCUT2D eigenvalue weighted by Gasteiger charge is -2.18. The Morgan fingerprint density at radius 2 is 1.65 bits per heavy atom. The molecule has 1 heterocycles. The summed E-state index contributed by atoms with van der Waals surface area (Å²) in [6.07, 6.45) is 0. The highest BCUT2D eigenvalue weighted by Gasteiger charge is 2.39. The van der Waals surface area contributed by atoms with Gasteiger partial charge in [-0.2, -0.15) is 0 Å². The highest BCUT2D eigenvalue weighted by atomic mass is 35.5. The average molecular weight is 498 g/mol. The van der Waals surface area contributed by atoms with Crippen molar-refractivity contribution in [2.45, 2.75) is 13.8 Å². The first-order valence-corrected chi connectivity index (χ1v) is 10.9. The number of carbonyl (C=O) groups excluding carboxylic acids is 3. The van der Waals surface area contributed by atoms with E-state index >= 15 is 0 Å². The molecule has 0 saturated carbocycles. The molecule has 0 spiro atoms. The Balaban J connectivity index is 1.56. The predicted molar refractivity (Wildman–Crippen MR) is 131 cm³/mol. The second kappa shape index (κ2) is 9.29. The van der Waals surface area contributed by atoms with Gasteiger partial charge in [0.15, 0.2) is 0 Å². The minimum absolute atomic E-state index is 0.0875. The number of aryl methyl sites for hydroxylation is 1. The van der Waals surface area contributed by atoms with Crippen LogP contribution in [0.2, 0.25) is 5.02 Å². The molecule has 3 aromatic carbocycles. The van der Waals surface area contributed by atoms with Crippen LogP contribution < -0.4 is 15.5 Å². The predicted octanol–water partition coefficient (Wildman–Crippen LogP) is 5.78. The molecule has 9 heteroatoms. The van der Waals surface area contributed by atoms with Gasteiger partial charge in [0.1, 0.15) is 16.5 Å². The number of amides is 3. The van der Waals surface area contributed by atoms with Crippen LogP contribution in [0.1, 0.15) is 21.5 Å². The van der Waals surface area contributed by atoms with Crippen LogP contribution in [0.3, 0.4) is 0 Å². The van der Waals surface area contributed by atoms with E-state index in [9.17, 15) is 18.8 Å². The van der Waals surface area contributed by atoms with Crippen molar-refractivity contribution in [2.24, 2.45) is 0 Å². The molecule has 0 atom stereocenters. The first-order chi connectivity index (χ1) is 16.2. The highest BCUT2D eigenvalue weighted by Crippen LogP contribution is 2.33. The normalized spacial score (nSPS) is 13.5. The van der Waals surface area contributed by atoms with Crippen molar-refractivity contribution < 1.29 is 18.8 Å². The number of rotatable bonds is 5. The van der Waals surface area contributed by atoms with E-state index in [-0.39, 0.29) is 21.3 Å². The van der Waals surface area contributed by atoms with E-state index < -0.39 is 23.5 Å². The summed E-state index contributed by atoms with van der Waals surface area (Å²) in [7, 11) is 0. The van der Waals surface area contributed by atoms with Crippen LogP contribution in [0.25, 0.3) is 0 Å². The molecule has 1 aliphatic heterocycles. The molecule has 3 amide bonds. The molecule has 4 rings (SSSR count). The fraction of sp³-hybridized carbons (Fsp3) is 0.0800. The Labute approximate surface area is 205 Å². The number of hydrogen-bond acceptors (Lipinski definition) is 4. The van der Waals surface area contributed by atoms with Crippen LogP contribution in [-0.4, -0.2) is 17.7 Å². The van der Waals surface area contributed by atoms with Crippen LogP contribution in [0, 0.1) is 19.7 Å². The van der Waals surface area contributed by atoms with Gasteiger partial charge in [-0.05, 0) is 67.4 Å². The number of halogens is 3. The molecule has 3 aromatic rings. The maximum absolute atomic E-state index is 13.4. The first kappa shape index (κ1) is 23.5. The summed E-state index contributed by atoms with van der Waals surface area (Å²) in [5.74, 6) is -2.30. The Bertz CT molecular complexity index is 1390. The van der Waals surface area contributed by atoms with Crippen LogP contribution in [0.4, 0.5) is 21.5 Å². The van der Waals surface area contributed by atoms with Gasteiger partial charge < -0.3 is 10.6 Å². The van der Waals surface area contributed by atoms with Crippen LogP contribution >= 0.6 is 23.2 Å². The lowest BCUT2D eigenvalue weighted by atomic mass is 10.1. The van der Waals surface area contributed by atoms with Gasteiger partial charge in [-0.25, -0.2) is 9.29 Å². The molecular formula is C25H18Cl2FN3O3. The topological polar surface area (TPSA) is 78.5 Å². The highest BCUT2D eigenvalue weighted by molar-refractivity contribution is 6.53. The zero-order chi connectivity index (χ0) is 24.6. The van der Waals surface area contributed by atoms with Crippen molar-refractivity contribution in [3.05, 3.63) is 98.9 Å². The van der Waals surface area contributed by atoms with Gasteiger partial charge in [-0.3, -0.25) is 14.4 Å². The molecule has 0 radical (unpaired) electrons. The zero-order valence-electron chi connectivity index (χ0n) is 18.1. The quantitative estimate of drug-likeness (QED) is 0.437. The molecule has 0 bridgehead atoms. The molecule has 6 nitrogen and oxygen atoms in total. The summed E-state index contributed by atoms with van der Waals surface area (Å²) in [6, 6.07) is 15.4. The molecule has 1 aliphatic rings. The second-order valence-corrected chi connectivity index (χ2v) is 8.43. The van der Waals surface area contributed by atoms with Gasteiger partial charge in [0.05, 0.1) is 10.7 Å². The van der Waals surface area contributed by atoms with E-state index in [0.717, 1.165) is 22.1 Å². The second-order valence-electron chi connectivity index (χ2n) is 7.64. The fourth-order valence-electron chi connectivity index (χ4n) is 3.47. The van der Waals surface area contributed by atoms with Crippen LogP contribution in [0.5, 0.6) is 0 Å². The number of anilines is 3. The summed E-state index contributed by atoms with van der Waals surface area (Å²) < 4.78 is 13.4.